The van der Waals surface area contributed by atoms with E-state index in [1.54, 1.807) is 14.2 Å². The number of carboxylic acid groups (broad SMARTS) is 2. The Hall–Kier alpha value is -4.32. The second-order valence-corrected chi connectivity index (χ2v) is 12.2. The molecule has 11 heteroatoms. The minimum Gasteiger partial charge on any atom is -0.493 e. The molecule has 2 N–H and O–H groups in total. The van der Waals surface area contributed by atoms with Crippen LogP contribution in [0.5, 0.6) is 11.5 Å². The molecular formula is C38H46F2N2O7. The Balaban J connectivity index is 0.000000603. The number of nitrogens with zero attached hydrogens (tertiary/aromatic N) is 2. The van der Waals surface area contributed by atoms with Crippen LogP contribution < -0.4 is 9.47 Å². The third-order valence-corrected chi connectivity index (χ3v) is 9.37. The highest BCUT2D eigenvalue weighted by atomic mass is 19.1. The number of carboxylic acids is 2. The quantitative estimate of drug-likeness (QED) is 0.207. The predicted molar refractivity (Wildman–Crippen MR) is 182 cm³/mol. The molecular weight excluding hydrogens is 634 g/mol. The van der Waals surface area contributed by atoms with Crippen molar-refractivity contribution in [2.45, 2.75) is 44.1 Å². The number of halogens is 2. The van der Waals surface area contributed by atoms with E-state index in [2.05, 4.69) is 28.9 Å². The standard InChI is InChI=1S/C34H42F2N2O3.C4H4O4/c1-4-34(31-24-33(40-3)32(39-2)23-27(31)14-22-41-34)15-17-38-20-18-37(19-21-38)16-13-30(25-5-9-28(35)10-6-25)26-7-11-29(36)12-8-26;5-3(6)1-2-4(7)8/h5-12,23-24,30H,4,13-22H2,1-3H3;1-2H,(H,5,6)(H,7,8)/b;2-1+. The summed E-state index contributed by atoms with van der Waals surface area (Å²) in [5.41, 5.74) is 4.32. The van der Waals surface area contributed by atoms with Crippen LogP contribution in [0.25, 0.3) is 0 Å². The Kier molecular flexibility index (Phi) is 13.7. The van der Waals surface area contributed by atoms with Gasteiger partial charge in [-0.2, -0.15) is 0 Å². The van der Waals surface area contributed by atoms with Gasteiger partial charge in [-0.1, -0.05) is 31.2 Å². The number of ether oxygens (including phenoxy) is 3. The summed E-state index contributed by atoms with van der Waals surface area (Å²) in [5, 5.41) is 15.6. The lowest BCUT2D eigenvalue weighted by Gasteiger charge is -2.42. The number of rotatable bonds is 13. The van der Waals surface area contributed by atoms with E-state index in [-0.39, 0.29) is 23.2 Å². The second-order valence-electron chi connectivity index (χ2n) is 12.2. The molecule has 0 saturated carbocycles. The number of piperazine rings is 1. The number of aliphatic carboxylic acids is 2. The van der Waals surface area contributed by atoms with Crippen LogP contribution in [0.1, 0.15) is 54.4 Å². The van der Waals surface area contributed by atoms with Crippen LogP contribution >= 0.6 is 0 Å². The summed E-state index contributed by atoms with van der Waals surface area (Å²) >= 11 is 0. The topological polar surface area (TPSA) is 109 Å². The van der Waals surface area contributed by atoms with E-state index in [9.17, 15) is 18.4 Å². The van der Waals surface area contributed by atoms with Crippen molar-refractivity contribution in [3.8, 4) is 11.5 Å². The Morgan fingerprint density at radius 1 is 0.837 bits per heavy atom. The molecule has 49 heavy (non-hydrogen) atoms. The van der Waals surface area contributed by atoms with E-state index < -0.39 is 11.9 Å². The van der Waals surface area contributed by atoms with Crippen LogP contribution in [0.3, 0.4) is 0 Å². The lowest BCUT2D eigenvalue weighted by Crippen LogP contribution is -2.48. The minimum absolute atomic E-state index is 0.0952. The maximum Gasteiger partial charge on any atom is 0.328 e. The molecule has 1 saturated heterocycles. The van der Waals surface area contributed by atoms with Gasteiger partial charge in [-0.25, -0.2) is 18.4 Å². The van der Waals surface area contributed by atoms with Crippen LogP contribution in [0, 0.1) is 11.6 Å². The van der Waals surface area contributed by atoms with Gasteiger partial charge in [0.05, 0.1) is 26.4 Å². The summed E-state index contributed by atoms with van der Waals surface area (Å²) < 4.78 is 44.9. The van der Waals surface area contributed by atoms with Crippen LogP contribution in [0.2, 0.25) is 0 Å². The molecule has 2 aliphatic heterocycles. The molecule has 0 aromatic heterocycles. The molecule has 264 valence electrons. The third-order valence-electron chi connectivity index (χ3n) is 9.37. The number of hydrogen-bond donors (Lipinski definition) is 2. The first-order chi connectivity index (χ1) is 23.6. The van der Waals surface area contributed by atoms with E-state index >= 15 is 0 Å². The van der Waals surface area contributed by atoms with Gasteiger partial charge in [0.1, 0.15) is 11.6 Å². The van der Waals surface area contributed by atoms with Crippen molar-refractivity contribution in [1.29, 1.82) is 0 Å². The van der Waals surface area contributed by atoms with Gasteiger partial charge in [-0.15, -0.1) is 0 Å². The van der Waals surface area contributed by atoms with Crippen LogP contribution in [0.15, 0.2) is 72.8 Å². The molecule has 3 aromatic carbocycles. The van der Waals surface area contributed by atoms with Crippen molar-refractivity contribution in [2.24, 2.45) is 0 Å². The monoisotopic (exact) mass is 680 g/mol. The van der Waals surface area contributed by atoms with Crippen molar-refractivity contribution < 1.29 is 42.8 Å². The van der Waals surface area contributed by atoms with Crippen molar-refractivity contribution >= 4 is 11.9 Å². The second kappa shape index (κ2) is 17.9. The molecule has 1 atom stereocenters. The first-order valence-corrected chi connectivity index (χ1v) is 16.6. The third kappa shape index (κ3) is 10.3. The fourth-order valence-electron chi connectivity index (χ4n) is 6.61. The molecule has 0 radical (unpaired) electrons. The van der Waals surface area contributed by atoms with Gasteiger partial charge < -0.3 is 34.2 Å². The molecule has 0 bridgehead atoms. The zero-order chi connectivity index (χ0) is 35.4. The zero-order valence-corrected chi connectivity index (χ0v) is 28.4. The first-order valence-electron chi connectivity index (χ1n) is 16.6. The number of benzene rings is 3. The molecule has 1 fully saturated rings. The SMILES string of the molecule is CCC1(CCN2CCN(CCC(c3ccc(F)cc3)c3ccc(F)cc3)CC2)OCCc2cc(OC)c(OC)cc21.O=C(O)/C=C/C(=O)O. The van der Waals surface area contributed by atoms with Crippen molar-refractivity contribution in [3.05, 3.63) is 107 Å². The number of carbonyl (C=O) groups is 2. The Morgan fingerprint density at radius 3 is 1.80 bits per heavy atom. The lowest BCUT2D eigenvalue weighted by molar-refractivity contribution is -0.134. The molecule has 3 aromatic rings. The molecule has 2 aliphatic rings. The Bertz CT molecular complexity index is 1500. The summed E-state index contributed by atoms with van der Waals surface area (Å²) in [6.45, 7) is 8.86. The fourth-order valence-corrected chi connectivity index (χ4v) is 6.61. The summed E-state index contributed by atoms with van der Waals surface area (Å²) in [7, 11) is 3.37. The van der Waals surface area contributed by atoms with Crippen molar-refractivity contribution in [3.63, 3.8) is 0 Å². The van der Waals surface area contributed by atoms with E-state index in [4.69, 9.17) is 24.4 Å². The Labute approximate surface area is 286 Å². The van der Waals surface area contributed by atoms with Crippen molar-refractivity contribution in [1.82, 2.24) is 9.80 Å². The highest BCUT2D eigenvalue weighted by Crippen LogP contribution is 2.43. The fraction of sp³-hybridized carbons (Fsp3) is 0.421. The van der Waals surface area contributed by atoms with E-state index in [1.165, 1.54) is 35.4 Å². The number of hydrogen-bond acceptors (Lipinski definition) is 7. The smallest absolute Gasteiger partial charge is 0.328 e. The summed E-state index contributed by atoms with van der Waals surface area (Å²) in [5.74, 6) is -1.38. The van der Waals surface area contributed by atoms with Gasteiger partial charge in [-0.05, 0) is 90.9 Å². The van der Waals surface area contributed by atoms with E-state index in [1.807, 2.05) is 24.3 Å². The molecule has 0 aliphatic carbocycles. The summed E-state index contributed by atoms with van der Waals surface area (Å²) in [6.07, 6.45) is 4.73. The van der Waals surface area contributed by atoms with Gasteiger partial charge in [0.15, 0.2) is 11.5 Å². The summed E-state index contributed by atoms with van der Waals surface area (Å²) in [6, 6.07) is 17.7. The molecule has 2 heterocycles. The number of fused-ring (bicyclic) bond motifs is 1. The molecule has 0 spiro atoms. The maximum absolute atomic E-state index is 13.6. The van der Waals surface area contributed by atoms with E-state index in [0.717, 1.165) is 87.6 Å². The minimum atomic E-state index is -1.26. The molecule has 5 rings (SSSR count). The Morgan fingerprint density at radius 2 is 1.33 bits per heavy atom. The lowest BCUT2D eigenvalue weighted by atomic mass is 9.81. The normalized spacial score (nSPS) is 18.1. The van der Waals surface area contributed by atoms with Crippen LogP contribution in [-0.2, 0) is 26.3 Å². The van der Waals surface area contributed by atoms with Crippen LogP contribution in [0.4, 0.5) is 8.78 Å². The largest absolute Gasteiger partial charge is 0.493 e. The van der Waals surface area contributed by atoms with Crippen LogP contribution in [-0.4, -0.2) is 92.0 Å². The summed E-state index contributed by atoms with van der Waals surface area (Å²) in [4.78, 5) is 24.2. The highest BCUT2D eigenvalue weighted by Gasteiger charge is 2.38. The molecule has 1 unspecified atom stereocenters. The highest BCUT2D eigenvalue weighted by molar-refractivity contribution is 5.89. The van der Waals surface area contributed by atoms with Gasteiger partial charge in [-0.3, -0.25) is 0 Å². The van der Waals surface area contributed by atoms with Gasteiger partial charge in [0, 0.05) is 50.8 Å². The molecule has 9 nitrogen and oxygen atoms in total. The average molecular weight is 681 g/mol. The predicted octanol–water partition coefficient (Wildman–Crippen LogP) is 6.10. The first kappa shape index (κ1) is 37.5. The zero-order valence-electron chi connectivity index (χ0n) is 28.4. The average Bonchev–Trinajstić information content (AvgIpc) is 3.11. The number of methoxy groups -OCH3 is 2. The molecule has 0 amide bonds. The van der Waals surface area contributed by atoms with Gasteiger partial charge in [0.2, 0.25) is 0 Å². The maximum atomic E-state index is 13.6. The van der Waals surface area contributed by atoms with Gasteiger partial charge >= 0.3 is 11.9 Å². The van der Waals surface area contributed by atoms with Crippen molar-refractivity contribution in [2.75, 3.05) is 60.1 Å². The van der Waals surface area contributed by atoms with Gasteiger partial charge in [0.25, 0.3) is 0 Å². The van der Waals surface area contributed by atoms with E-state index in [0.29, 0.717) is 18.8 Å².